The first-order valence-corrected chi connectivity index (χ1v) is 13.2. The van der Waals surface area contributed by atoms with E-state index in [-0.39, 0.29) is 29.1 Å². The molecule has 2 unspecified atom stereocenters. The molecule has 0 saturated carbocycles. The zero-order chi connectivity index (χ0) is 29.3. The lowest BCUT2D eigenvalue weighted by molar-refractivity contribution is -1.09. The van der Waals surface area contributed by atoms with E-state index in [4.69, 9.17) is 14.8 Å². The van der Waals surface area contributed by atoms with Crippen LogP contribution < -0.4 is 0 Å². The smallest absolute Gasteiger partial charge is 0.370 e. The number of nitrogens with zero attached hydrogens (tertiary/aromatic N) is 2. The molecule has 0 spiro atoms. The van der Waals surface area contributed by atoms with Crippen LogP contribution in [0.4, 0.5) is 0 Å². The minimum absolute atomic E-state index is 0.0545. The number of aliphatic hydroxyl groups is 1. The SMILES string of the molecule is CC(=O)N(OCc1ccccc1)C1CC[N+](CC(C)c2ccccc2)(OC(=O)CC(O)(CC(=O)O)C(=O)O)CC1. The molecule has 0 bridgehead atoms. The van der Waals surface area contributed by atoms with Gasteiger partial charge in [0.1, 0.15) is 26.2 Å². The molecule has 1 amide bonds. The Bertz CT molecular complexity index is 1170. The number of carboxylic acid groups (broad SMARTS) is 2. The molecule has 1 fully saturated rings. The lowest BCUT2D eigenvalue weighted by Crippen LogP contribution is -2.59. The Labute approximate surface area is 233 Å². The zero-order valence-electron chi connectivity index (χ0n) is 22.8. The van der Waals surface area contributed by atoms with Gasteiger partial charge in [-0.25, -0.2) is 14.7 Å². The Kier molecular flexibility index (Phi) is 10.4. The summed E-state index contributed by atoms with van der Waals surface area (Å²) in [6.07, 6.45) is -1.30. The summed E-state index contributed by atoms with van der Waals surface area (Å²) in [6, 6.07) is 18.8. The number of hydrogen-bond donors (Lipinski definition) is 3. The number of aliphatic carboxylic acids is 2. The van der Waals surface area contributed by atoms with Crippen LogP contribution in [-0.2, 0) is 35.5 Å². The van der Waals surface area contributed by atoms with E-state index in [1.54, 1.807) is 0 Å². The second-order valence-corrected chi connectivity index (χ2v) is 10.4. The van der Waals surface area contributed by atoms with Crippen molar-refractivity contribution in [3.8, 4) is 0 Å². The minimum atomic E-state index is -2.80. The number of amides is 1. The van der Waals surface area contributed by atoms with Crippen LogP contribution in [0.3, 0.4) is 0 Å². The average Bonchev–Trinajstić information content (AvgIpc) is 2.90. The van der Waals surface area contributed by atoms with Crippen LogP contribution in [0.5, 0.6) is 0 Å². The van der Waals surface area contributed by atoms with E-state index in [1.165, 1.54) is 12.0 Å². The molecule has 3 rings (SSSR count). The number of carboxylic acids is 2. The second kappa shape index (κ2) is 13.5. The number of hydrogen-bond acceptors (Lipinski definition) is 7. The van der Waals surface area contributed by atoms with Crippen molar-refractivity contribution in [1.29, 1.82) is 0 Å². The molecule has 0 aromatic heterocycles. The third kappa shape index (κ3) is 8.35. The molecule has 1 heterocycles. The van der Waals surface area contributed by atoms with Crippen molar-refractivity contribution >= 4 is 23.8 Å². The first-order chi connectivity index (χ1) is 18.9. The van der Waals surface area contributed by atoms with Crippen molar-refractivity contribution in [3.05, 3.63) is 71.8 Å². The maximum Gasteiger partial charge on any atom is 0.370 e. The summed E-state index contributed by atoms with van der Waals surface area (Å²) in [6.45, 7) is 4.59. The van der Waals surface area contributed by atoms with E-state index in [0.29, 0.717) is 32.5 Å². The quantitative estimate of drug-likeness (QED) is 0.249. The van der Waals surface area contributed by atoms with Crippen LogP contribution in [0.2, 0.25) is 0 Å². The molecule has 11 nitrogen and oxygen atoms in total. The highest BCUT2D eigenvalue weighted by Gasteiger charge is 2.46. The van der Waals surface area contributed by atoms with Gasteiger partial charge in [-0.3, -0.25) is 19.3 Å². The first-order valence-electron chi connectivity index (χ1n) is 13.2. The van der Waals surface area contributed by atoms with Crippen LogP contribution in [0.15, 0.2) is 60.7 Å². The number of piperidine rings is 1. The van der Waals surface area contributed by atoms with Crippen molar-refractivity contribution in [2.24, 2.45) is 0 Å². The predicted octanol–water partition coefficient (Wildman–Crippen LogP) is 2.89. The molecule has 0 aliphatic carbocycles. The van der Waals surface area contributed by atoms with E-state index >= 15 is 0 Å². The van der Waals surface area contributed by atoms with E-state index < -0.39 is 36.4 Å². The summed E-state index contributed by atoms with van der Waals surface area (Å²) < 4.78 is -0.168. The Morgan fingerprint density at radius 1 is 0.975 bits per heavy atom. The molecule has 2 aromatic carbocycles. The zero-order valence-corrected chi connectivity index (χ0v) is 22.8. The third-order valence-corrected chi connectivity index (χ3v) is 7.14. The number of carbonyl (C=O) groups is 4. The van der Waals surface area contributed by atoms with E-state index in [2.05, 4.69) is 0 Å². The molecular weight excluding hydrogens is 520 g/mol. The fourth-order valence-electron chi connectivity index (χ4n) is 5.08. The molecule has 40 heavy (non-hydrogen) atoms. The van der Waals surface area contributed by atoms with Gasteiger partial charge in [-0.15, -0.1) is 4.65 Å². The van der Waals surface area contributed by atoms with Crippen molar-refractivity contribution in [3.63, 3.8) is 0 Å². The number of likely N-dealkylation sites (tertiary alicyclic amines) is 1. The molecule has 2 atom stereocenters. The molecule has 2 aromatic rings. The summed E-state index contributed by atoms with van der Waals surface area (Å²) >= 11 is 0. The molecule has 1 aliphatic heterocycles. The Balaban J connectivity index is 1.77. The average molecular weight is 558 g/mol. The lowest BCUT2D eigenvalue weighted by atomic mass is 9.96. The number of benzene rings is 2. The molecular formula is C29H37N2O9+. The van der Waals surface area contributed by atoms with Gasteiger partial charge in [-0.05, 0) is 11.1 Å². The van der Waals surface area contributed by atoms with Crippen molar-refractivity contribution in [1.82, 2.24) is 5.06 Å². The van der Waals surface area contributed by atoms with Crippen LogP contribution in [0, 0.1) is 0 Å². The van der Waals surface area contributed by atoms with E-state index in [0.717, 1.165) is 11.1 Å². The van der Waals surface area contributed by atoms with Crippen LogP contribution in [0.25, 0.3) is 0 Å². The van der Waals surface area contributed by atoms with Gasteiger partial charge in [0.05, 0.1) is 18.9 Å². The standard InChI is InChI=1S/C29H36N2O9/c1-21(24-11-7-4-8-12-24)19-31(40-27(35)18-29(38,28(36)37)17-26(33)34)15-13-25(14-16-31)30(22(2)32)39-20-23-9-5-3-6-10-23/h3-12,21,25,38H,13-20H2,1-2H3,(H-,33,34,36,37)/p+1. The van der Waals surface area contributed by atoms with Gasteiger partial charge in [0.2, 0.25) is 5.91 Å². The summed E-state index contributed by atoms with van der Waals surface area (Å²) in [7, 11) is 0. The van der Waals surface area contributed by atoms with Crippen LogP contribution in [0.1, 0.15) is 56.6 Å². The molecule has 1 aliphatic rings. The normalized spacial score (nSPS) is 21.0. The second-order valence-electron chi connectivity index (χ2n) is 10.4. The molecule has 3 N–H and O–H groups in total. The maximum absolute atomic E-state index is 13.0. The summed E-state index contributed by atoms with van der Waals surface area (Å²) in [4.78, 5) is 59.9. The van der Waals surface area contributed by atoms with Crippen molar-refractivity contribution in [2.45, 2.75) is 63.7 Å². The number of rotatable bonds is 13. The van der Waals surface area contributed by atoms with Crippen molar-refractivity contribution < 1.29 is 48.8 Å². The highest BCUT2D eigenvalue weighted by molar-refractivity contribution is 5.88. The van der Waals surface area contributed by atoms with Gasteiger partial charge in [0.25, 0.3) is 0 Å². The maximum atomic E-state index is 13.0. The monoisotopic (exact) mass is 557 g/mol. The topological polar surface area (TPSA) is 151 Å². The lowest BCUT2D eigenvalue weighted by Gasteiger charge is -2.43. The Morgan fingerprint density at radius 3 is 2.08 bits per heavy atom. The van der Waals surface area contributed by atoms with Gasteiger partial charge in [0.15, 0.2) is 5.60 Å². The number of quaternary nitrogens is 1. The number of hydroxylamine groups is 5. The highest BCUT2D eigenvalue weighted by atomic mass is 16.7. The van der Waals surface area contributed by atoms with Gasteiger partial charge in [-0.1, -0.05) is 67.6 Å². The van der Waals surface area contributed by atoms with Gasteiger partial charge in [-0.2, -0.15) is 0 Å². The largest absolute Gasteiger partial charge is 0.481 e. The Hall–Kier alpha value is -3.80. The molecule has 11 heteroatoms. The third-order valence-electron chi connectivity index (χ3n) is 7.14. The molecule has 0 radical (unpaired) electrons. The first kappa shape index (κ1) is 30.7. The summed E-state index contributed by atoms with van der Waals surface area (Å²) in [5.74, 6) is -4.70. The summed E-state index contributed by atoms with van der Waals surface area (Å²) in [5.41, 5.74) is -0.872. The van der Waals surface area contributed by atoms with Gasteiger partial charge < -0.3 is 15.3 Å². The molecule has 1 saturated heterocycles. The van der Waals surface area contributed by atoms with Crippen LogP contribution in [-0.4, -0.2) is 80.1 Å². The fraction of sp³-hybridized carbons (Fsp3) is 0.448. The minimum Gasteiger partial charge on any atom is -0.481 e. The molecule has 216 valence electrons. The number of carbonyl (C=O) groups excluding carboxylic acids is 2. The Morgan fingerprint density at radius 2 is 1.55 bits per heavy atom. The summed E-state index contributed by atoms with van der Waals surface area (Å²) in [5, 5.41) is 30.2. The predicted molar refractivity (Wildman–Crippen MR) is 142 cm³/mol. The fourth-order valence-corrected chi connectivity index (χ4v) is 5.08. The van der Waals surface area contributed by atoms with Gasteiger partial charge in [0, 0.05) is 25.7 Å². The highest BCUT2D eigenvalue weighted by Crippen LogP contribution is 2.30. The van der Waals surface area contributed by atoms with E-state index in [9.17, 15) is 29.4 Å². The van der Waals surface area contributed by atoms with E-state index in [1.807, 2.05) is 67.6 Å². The van der Waals surface area contributed by atoms with Gasteiger partial charge >= 0.3 is 17.9 Å². The van der Waals surface area contributed by atoms with Crippen LogP contribution >= 0.6 is 0 Å². The van der Waals surface area contributed by atoms with Crippen molar-refractivity contribution in [2.75, 3.05) is 19.6 Å².